The minimum absolute atomic E-state index is 0.0370. The van der Waals surface area contributed by atoms with E-state index < -0.39 is 15.8 Å². The van der Waals surface area contributed by atoms with Crippen molar-refractivity contribution in [2.75, 3.05) is 0 Å². The van der Waals surface area contributed by atoms with E-state index in [1.54, 1.807) is 6.07 Å². The first-order chi connectivity index (χ1) is 8.99. The zero-order chi connectivity index (χ0) is 13.9. The number of rotatable bonds is 4. The van der Waals surface area contributed by atoms with E-state index in [1.165, 1.54) is 36.7 Å². The van der Waals surface area contributed by atoms with Crippen LogP contribution in [-0.4, -0.2) is 29.5 Å². The molecule has 2 rings (SSSR count). The highest BCUT2D eigenvalue weighted by molar-refractivity contribution is 7.90. The zero-order valence-electron chi connectivity index (χ0n) is 9.72. The second kappa shape index (κ2) is 5.15. The molecule has 0 unspecified atom stereocenters. The van der Waals surface area contributed by atoms with Crippen molar-refractivity contribution in [3.05, 3.63) is 54.1 Å². The van der Waals surface area contributed by atoms with Gasteiger partial charge in [-0.1, -0.05) is 0 Å². The summed E-state index contributed by atoms with van der Waals surface area (Å²) in [6.45, 7) is 0. The van der Waals surface area contributed by atoms with Gasteiger partial charge in [-0.2, -0.15) is 0 Å². The average Bonchev–Trinajstić information content (AvgIpc) is 2.39. The first-order valence-corrected chi connectivity index (χ1v) is 6.96. The summed E-state index contributed by atoms with van der Waals surface area (Å²) in [6, 6.07) is 6.63. The monoisotopic (exact) mass is 278 g/mol. The highest BCUT2D eigenvalue weighted by Crippen LogP contribution is 2.15. The van der Waals surface area contributed by atoms with Crippen LogP contribution in [0.25, 0.3) is 0 Å². The van der Waals surface area contributed by atoms with E-state index in [0.29, 0.717) is 0 Å². The van der Waals surface area contributed by atoms with Gasteiger partial charge in [0, 0.05) is 12.4 Å². The topological polar surface area (TPSA) is 97.2 Å². The van der Waals surface area contributed by atoms with Crippen LogP contribution >= 0.6 is 0 Å². The van der Waals surface area contributed by atoms with Gasteiger partial charge in [0.25, 0.3) is 0 Å². The van der Waals surface area contributed by atoms with Gasteiger partial charge in [-0.15, -0.1) is 0 Å². The second-order valence-corrected chi connectivity index (χ2v) is 5.74. The van der Waals surface area contributed by atoms with E-state index in [2.05, 4.69) is 9.97 Å². The van der Waals surface area contributed by atoms with E-state index in [1.807, 2.05) is 0 Å². The van der Waals surface area contributed by atoms with Gasteiger partial charge in [0.2, 0.25) is 0 Å². The van der Waals surface area contributed by atoms with Gasteiger partial charge in [0.05, 0.1) is 10.5 Å². The van der Waals surface area contributed by atoms with Crippen molar-refractivity contribution in [1.82, 2.24) is 9.97 Å². The van der Waals surface area contributed by atoms with Gasteiger partial charge in [-0.05, 0) is 30.3 Å². The summed E-state index contributed by atoms with van der Waals surface area (Å²) in [5, 5.41) is 8.74. The molecule has 98 valence electrons. The standard InChI is InChI=1S/C12H10N2O4S/c15-12(16)9-2-4-10(5-3-9)19(17,18)8-11-13-6-1-7-14-11/h1-7H,8H2,(H,15,16). The summed E-state index contributed by atoms with van der Waals surface area (Å²) in [7, 11) is -3.57. The largest absolute Gasteiger partial charge is 0.478 e. The molecule has 2 aromatic rings. The molecule has 0 bridgehead atoms. The molecule has 6 nitrogen and oxygen atoms in total. The Morgan fingerprint density at radius 3 is 2.21 bits per heavy atom. The predicted octanol–water partition coefficient (Wildman–Crippen LogP) is 1.15. The van der Waals surface area contributed by atoms with Crippen LogP contribution < -0.4 is 0 Å². The van der Waals surface area contributed by atoms with Crippen molar-refractivity contribution in [3.8, 4) is 0 Å². The normalized spacial score (nSPS) is 11.2. The molecule has 0 amide bonds. The highest BCUT2D eigenvalue weighted by atomic mass is 32.2. The average molecular weight is 278 g/mol. The number of nitrogens with zero attached hydrogens (tertiary/aromatic N) is 2. The molecule has 0 aliphatic heterocycles. The molecule has 0 aliphatic carbocycles. The lowest BCUT2D eigenvalue weighted by molar-refractivity contribution is 0.0696. The Morgan fingerprint density at radius 2 is 1.68 bits per heavy atom. The number of aromatic nitrogens is 2. The number of hydrogen-bond acceptors (Lipinski definition) is 5. The van der Waals surface area contributed by atoms with Crippen molar-refractivity contribution in [1.29, 1.82) is 0 Å². The summed E-state index contributed by atoms with van der Waals surface area (Å²) in [5.74, 6) is -1.22. The molecule has 1 aromatic carbocycles. The van der Waals surface area contributed by atoms with Crippen molar-refractivity contribution in [3.63, 3.8) is 0 Å². The van der Waals surface area contributed by atoms with E-state index in [4.69, 9.17) is 5.11 Å². The van der Waals surface area contributed by atoms with E-state index in [9.17, 15) is 13.2 Å². The minimum Gasteiger partial charge on any atom is -0.478 e. The molecule has 1 heterocycles. The molecular formula is C12H10N2O4S. The fourth-order valence-electron chi connectivity index (χ4n) is 1.46. The van der Waals surface area contributed by atoms with Gasteiger partial charge in [-0.25, -0.2) is 23.2 Å². The van der Waals surface area contributed by atoms with Crippen LogP contribution in [0.5, 0.6) is 0 Å². The zero-order valence-corrected chi connectivity index (χ0v) is 10.5. The summed E-state index contributed by atoms with van der Waals surface area (Å²) in [6.07, 6.45) is 2.93. The Balaban J connectivity index is 2.27. The van der Waals surface area contributed by atoms with Gasteiger partial charge in [0.15, 0.2) is 9.84 Å². The Kier molecular flexibility index (Phi) is 3.57. The maximum atomic E-state index is 12.1. The third-order valence-corrected chi connectivity index (χ3v) is 4.03. The highest BCUT2D eigenvalue weighted by Gasteiger charge is 2.17. The third-order valence-electron chi connectivity index (χ3n) is 2.40. The second-order valence-electron chi connectivity index (χ2n) is 3.75. The lowest BCUT2D eigenvalue weighted by Crippen LogP contribution is -2.08. The van der Waals surface area contributed by atoms with E-state index in [-0.39, 0.29) is 22.0 Å². The SMILES string of the molecule is O=C(O)c1ccc(S(=O)(=O)Cc2ncccn2)cc1. The number of carboxylic acid groups (broad SMARTS) is 1. The molecule has 0 aliphatic rings. The molecule has 0 radical (unpaired) electrons. The number of carbonyl (C=O) groups is 1. The maximum Gasteiger partial charge on any atom is 0.335 e. The molecular weight excluding hydrogens is 268 g/mol. The number of carboxylic acids is 1. The smallest absolute Gasteiger partial charge is 0.335 e. The van der Waals surface area contributed by atoms with Crippen LogP contribution in [-0.2, 0) is 15.6 Å². The summed E-state index contributed by atoms with van der Waals surface area (Å²) < 4.78 is 24.1. The quantitative estimate of drug-likeness (QED) is 0.901. The molecule has 1 aromatic heterocycles. The van der Waals surface area contributed by atoms with Gasteiger partial charge >= 0.3 is 5.97 Å². The number of aromatic carboxylic acids is 1. The first-order valence-electron chi connectivity index (χ1n) is 5.31. The van der Waals surface area contributed by atoms with Crippen molar-refractivity contribution >= 4 is 15.8 Å². The van der Waals surface area contributed by atoms with Gasteiger partial charge in [-0.3, -0.25) is 0 Å². The number of hydrogen-bond donors (Lipinski definition) is 1. The van der Waals surface area contributed by atoms with Crippen LogP contribution in [0.1, 0.15) is 16.2 Å². The molecule has 0 saturated carbocycles. The van der Waals surface area contributed by atoms with Crippen LogP contribution in [0.3, 0.4) is 0 Å². The molecule has 0 atom stereocenters. The lowest BCUT2D eigenvalue weighted by Gasteiger charge is -2.03. The van der Waals surface area contributed by atoms with Crippen LogP contribution in [0, 0.1) is 0 Å². The molecule has 0 saturated heterocycles. The summed E-state index contributed by atoms with van der Waals surface area (Å²) in [4.78, 5) is 18.4. The van der Waals surface area contributed by atoms with Crippen molar-refractivity contribution < 1.29 is 18.3 Å². The maximum absolute atomic E-state index is 12.1. The minimum atomic E-state index is -3.57. The number of benzene rings is 1. The molecule has 7 heteroatoms. The summed E-state index contributed by atoms with van der Waals surface area (Å²) in [5.41, 5.74) is 0.0370. The van der Waals surface area contributed by atoms with Crippen LogP contribution in [0.15, 0.2) is 47.6 Å². The molecule has 0 fully saturated rings. The predicted molar refractivity (Wildman–Crippen MR) is 66.3 cm³/mol. The van der Waals surface area contributed by atoms with Crippen LogP contribution in [0.4, 0.5) is 0 Å². The Labute approximate surface area is 109 Å². The van der Waals surface area contributed by atoms with E-state index in [0.717, 1.165) is 0 Å². The molecule has 0 spiro atoms. The summed E-state index contributed by atoms with van der Waals surface area (Å²) >= 11 is 0. The molecule has 19 heavy (non-hydrogen) atoms. The third kappa shape index (κ3) is 3.14. The Bertz CT molecular complexity index is 681. The lowest BCUT2D eigenvalue weighted by atomic mass is 10.2. The van der Waals surface area contributed by atoms with Crippen LogP contribution in [0.2, 0.25) is 0 Å². The molecule has 1 N–H and O–H groups in total. The fraction of sp³-hybridized carbons (Fsp3) is 0.0833. The van der Waals surface area contributed by atoms with Gasteiger partial charge < -0.3 is 5.11 Å². The first kappa shape index (κ1) is 13.2. The van der Waals surface area contributed by atoms with E-state index >= 15 is 0 Å². The Hall–Kier alpha value is -2.28. The van der Waals surface area contributed by atoms with Crippen molar-refractivity contribution in [2.24, 2.45) is 0 Å². The fourth-order valence-corrected chi connectivity index (χ4v) is 2.67. The Morgan fingerprint density at radius 1 is 1.11 bits per heavy atom. The van der Waals surface area contributed by atoms with Crippen molar-refractivity contribution in [2.45, 2.75) is 10.6 Å². The van der Waals surface area contributed by atoms with Gasteiger partial charge in [0.1, 0.15) is 11.6 Å². The number of sulfone groups is 1.